The minimum Gasteiger partial charge on any atom is -0.388 e. The summed E-state index contributed by atoms with van der Waals surface area (Å²) in [5.41, 5.74) is -0.337. The lowest BCUT2D eigenvalue weighted by Gasteiger charge is -2.59. The molecule has 0 atom stereocenters. The van der Waals surface area contributed by atoms with Crippen LogP contribution in [0.2, 0.25) is 0 Å². The second-order valence-electron chi connectivity index (χ2n) is 6.95. The lowest BCUT2D eigenvalue weighted by molar-refractivity contribution is -0.169. The summed E-state index contributed by atoms with van der Waals surface area (Å²) in [6.07, 6.45) is 9.39. The first-order chi connectivity index (χ1) is 7.74. The third-order valence-corrected chi connectivity index (χ3v) is 5.80. The van der Waals surface area contributed by atoms with Gasteiger partial charge in [0.1, 0.15) is 0 Å². The molecule has 5 fully saturated rings. The van der Waals surface area contributed by atoms with Crippen LogP contribution in [0.25, 0.3) is 0 Å². The van der Waals surface area contributed by atoms with Gasteiger partial charge in [-0.3, -0.25) is 0 Å². The molecule has 0 radical (unpaired) electrons. The first-order valence-corrected chi connectivity index (χ1v) is 7.20. The summed E-state index contributed by atoms with van der Waals surface area (Å²) in [5.74, 6) is 3.16. The zero-order valence-corrected chi connectivity index (χ0v) is 9.99. The van der Waals surface area contributed by atoms with Crippen LogP contribution in [0, 0.1) is 23.7 Å². The maximum Gasteiger partial charge on any atom is 0.0827 e. The average molecular weight is 221 g/mol. The van der Waals surface area contributed by atoms with Gasteiger partial charge in [0.15, 0.2) is 0 Å². The summed E-state index contributed by atoms with van der Waals surface area (Å²) in [7, 11) is 0. The minimum absolute atomic E-state index is 0.337. The van der Waals surface area contributed by atoms with E-state index >= 15 is 0 Å². The second-order valence-corrected chi connectivity index (χ2v) is 6.95. The molecule has 90 valence electrons. The summed E-state index contributed by atoms with van der Waals surface area (Å²) in [5, 5.41) is 14.6. The molecule has 5 rings (SSSR count). The third-order valence-electron chi connectivity index (χ3n) is 5.80. The molecular formula is C14H23NO. The first kappa shape index (κ1) is 9.90. The zero-order valence-electron chi connectivity index (χ0n) is 9.99. The SMILES string of the molecule is OC1(CNC2CC2)C2CC3CC(C2)CC1C3. The third kappa shape index (κ3) is 1.39. The molecule has 0 aliphatic heterocycles. The van der Waals surface area contributed by atoms with Gasteiger partial charge >= 0.3 is 0 Å². The molecule has 0 saturated heterocycles. The lowest BCUT2D eigenvalue weighted by Crippen LogP contribution is -2.61. The summed E-state index contributed by atoms with van der Waals surface area (Å²) < 4.78 is 0. The Morgan fingerprint density at radius 3 is 2.00 bits per heavy atom. The van der Waals surface area contributed by atoms with Gasteiger partial charge in [-0.25, -0.2) is 0 Å². The first-order valence-electron chi connectivity index (χ1n) is 7.20. The monoisotopic (exact) mass is 221 g/mol. The van der Waals surface area contributed by atoms with Crippen molar-refractivity contribution in [1.82, 2.24) is 5.32 Å². The number of aliphatic hydroxyl groups is 1. The van der Waals surface area contributed by atoms with Crippen molar-refractivity contribution in [2.75, 3.05) is 6.54 Å². The molecule has 4 bridgehead atoms. The predicted octanol–water partition coefficient (Wildman–Crippen LogP) is 1.93. The van der Waals surface area contributed by atoms with E-state index in [1.54, 1.807) is 0 Å². The number of nitrogens with one attached hydrogen (secondary N) is 1. The van der Waals surface area contributed by atoms with E-state index in [4.69, 9.17) is 0 Å². The Balaban J connectivity index is 1.53. The van der Waals surface area contributed by atoms with Crippen LogP contribution in [0.3, 0.4) is 0 Å². The van der Waals surface area contributed by atoms with Crippen molar-refractivity contribution in [1.29, 1.82) is 0 Å². The Kier molecular flexibility index (Phi) is 2.00. The van der Waals surface area contributed by atoms with Crippen molar-refractivity contribution in [3.8, 4) is 0 Å². The van der Waals surface area contributed by atoms with Crippen molar-refractivity contribution >= 4 is 0 Å². The highest BCUT2D eigenvalue weighted by molar-refractivity contribution is 5.08. The molecular weight excluding hydrogens is 198 g/mol. The van der Waals surface area contributed by atoms with E-state index < -0.39 is 0 Å². The Bertz CT molecular complexity index is 269. The van der Waals surface area contributed by atoms with Crippen LogP contribution >= 0.6 is 0 Å². The minimum atomic E-state index is -0.337. The molecule has 0 amide bonds. The molecule has 5 aliphatic rings. The molecule has 16 heavy (non-hydrogen) atoms. The summed E-state index contributed by atoms with van der Waals surface area (Å²) >= 11 is 0. The van der Waals surface area contributed by atoms with E-state index in [1.165, 1.54) is 44.9 Å². The van der Waals surface area contributed by atoms with E-state index in [9.17, 15) is 5.11 Å². The normalized spacial score (nSPS) is 54.6. The Morgan fingerprint density at radius 2 is 1.50 bits per heavy atom. The van der Waals surface area contributed by atoms with Gasteiger partial charge in [0.25, 0.3) is 0 Å². The van der Waals surface area contributed by atoms with Crippen molar-refractivity contribution < 1.29 is 5.11 Å². The van der Waals surface area contributed by atoms with E-state index in [1.807, 2.05) is 0 Å². The topological polar surface area (TPSA) is 32.3 Å². The van der Waals surface area contributed by atoms with Gasteiger partial charge in [0.05, 0.1) is 5.60 Å². The maximum absolute atomic E-state index is 11.0. The summed E-state index contributed by atoms with van der Waals surface area (Å²) in [6, 6.07) is 0.737. The number of hydrogen-bond donors (Lipinski definition) is 2. The zero-order chi connectivity index (χ0) is 10.8. The van der Waals surface area contributed by atoms with Crippen molar-refractivity contribution in [2.45, 2.75) is 56.6 Å². The van der Waals surface area contributed by atoms with Gasteiger partial charge in [-0.1, -0.05) is 0 Å². The molecule has 0 aromatic rings. The van der Waals surface area contributed by atoms with Crippen molar-refractivity contribution in [3.63, 3.8) is 0 Å². The van der Waals surface area contributed by atoms with Crippen LogP contribution < -0.4 is 5.32 Å². The molecule has 2 heteroatoms. The Morgan fingerprint density at radius 1 is 0.938 bits per heavy atom. The lowest BCUT2D eigenvalue weighted by atomic mass is 9.50. The molecule has 2 nitrogen and oxygen atoms in total. The van der Waals surface area contributed by atoms with Crippen LogP contribution in [0.1, 0.15) is 44.9 Å². The van der Waals surface area contributed by atoms with Crippen LogP contribution in [-0.2, 0) is 0 Å². The van der Waals surface area contributed by atoms with Crippen LogP contribution in [0.4, 0.5) is 0 Å². The second kappa shape index (κ2) is 3.23. The molecule has 0 aromatic heterocycles. The molecule has 0 aromatic carbocycles. The fourth-order valence-corrected chi connectivity index (χ4v) is 4.88. The Labute approximate surface area is 97.8 Å². The van der Waals surface area contributed by atoms with Gasteiger partial charge in [-0.2, -0.15) is 0 Å². The van der Waals surface area contributed by atoms with Gasteiger partial charge < -0.3 is 10.4 Å². The summed E-state index contributed by atoms with van der Waals surface area (Å²) in [4.78, 5) is 0. The van der Waals surface area contributed by atoms with Gasteiger partial charge in [0.2, 0.25) is 0 Å². The van der Waals surface area contributed by atoms with Crippen LogP contribution in [0.15, 0.2) is 0 Å². The fraction of sp³-hybridized carbons (Fsp3) is 1.00. The summed E-state index contributed by atoms with van der Waals surface area (Å²) in [6.45, 7) is 0.881. The van der Waals surface area contributed by atoms with Crippen LogP contribution in [0.5, 0.6) is 0 Å². The molecule has 5 aliphatic carbocycles. The number of hydrogen-bond acceptors (Lipinski definition) is 2. The molecule has 0 heterocycles. The molecule has 2 N–H and O–H groups in total. The smallest absolute Gasteiger partial charge is 0.0827 e. The average Bonchev–Trinajstić information content (AvgIpc) is 3.06. The van der Waals surface area contributed by atoms with Gasteiger partial charge in [-0.15, -0.1) is 0 Å². The fourth-order valence-electron chi connectivity index (χ4n) is 4.88. The highest BCUT2D eigenvalue weighted by Gasteiger charge is 2.56. The van der Waals surface area contributed by atoms with E-state index in [0.717, 1.165) is 24.4 Å². The van der Waals surface area contributed by atoms with E-state index in [0.29, 0.717) is 11.8 Å². The maximum atomic E-state index is 11.0. The van der Waals surface area contributed by atoms with Crippen LogP contribution in [-0.4, -0.2) is 23.3 Å². The number of rotatable bonds is 3. The highest BCUT2D eigenvalue weighted by atomic mass is 16.3. The quantitative estimate of drug-likeness (QED) is 0.763. The Hall–Kier alpha value is -0.0800. The molecule has 0 spiro atoms. The van der Waals surface area contributed by atoms with Gasteiger partial charge in [-0.05, 0) is 68.6 Å². The van der Waals surface area contributed by atoms with Crippen molar-refractivity contribution in [3.05, 3.63) is 0 Å². The van der Waals surface area contributed by atoms with E-state index in [2.05, 4.69) is 5.32 Å². The largest absolute Gasteiger partial charge is 0.388 e. The predicted molar refractivity (Wildman–Crippen MR) is 63.0 cm³/mol. The van der Waals surface area contributed by atoms with E-state index in [-0.39, 0.29) is 5.60 Å². The molecule has 5 saturated carbocycles. The highest BCUT2D eigenvalue weighted by Crippen LogP contribution is 2.58. The standard InChI is InChI=1S/C14H23NO/c16-14(8-15-13-1-2-13)11-4-9-3-10(6-11)7-12(14)5-9/h9-13,15-16H,1-8H2. The van der Waals surface area contributed by atoms with Crippen molar-refractivity contribution in [2.24, 2.45) is 23.7 Å². The molecule has 0 unspecified atom stereocenters. The van der Waals surface area contributed by atoms with Gasteiger partial charge in [0, 0.05) is 12.6 Å².